The van der Waals surface area contributed by atoms with E-state index in [1.165, 1.54) is 6.07 Å². The standard InChI is InChI=1S/C12H13ClF3NS/c1-7-11(2-3-18-7)17-10-5-8(12(14,15)16)4-9(13)6-10/h4-7,11,17H,2-3H2,1H3. The molecule has 1 aromatic rings. The van der Waals surface area contributed by atoms with Gasteiger partial charge in [0.05, 0.1) is 5.56 Å². The van der Waals surface area contributed by atoms with Crippen molar-refractivity contribution in [1.82, 2.24) is 0 Å². The molecule has 0 saturated carbocycles. The second-order valence-corrected chi connectivity index (χ2v) is 6.26. The second kappa shape index (κ2) is 5.21. The lowest BCUT2D eigenvalue weighted by Crippen LogP contribution is -2.24. The molecule has 0 amide bonds. The summed E-state index contributed by atoms with van der Waals surface area (Å²) >= 11 is 7.55. The molecule has 6 heteroatoms. The monoisotopic (exact) mass is 295 g/mol. The number of hydrogen-bond donors (Lipinski definition) is 1. The van der Waals surface area contributed by atoms with E-state index in [-0.39, 0.29) is 11.1 Å². The highest BCUT2D eigenvalue weighted by molar-refractivity contribution is 8.00. The fourth-order valence-corrected chi connectivity index (χ4v) is 3.41. The van der Waals surface area contributed by atoms with Crippen LogP contribution in [0.2, 0.25) is 5.02 Å². The van der Waals surface area contributed by atoms with Gasteiger partial charge in [-0.3, -0.25) is 0 Å². The quantitative estimate of drug-likeness (QED) is 0.851. The predicted molar refractivity (Wildman–Crippen MR) is 70.4 cm³/mol. The van der Waals surface area contributed by atoms with Crippen LogP contribution in [0.1, 0.15) is 18.9 Å². The third kappa shape index (κ3) is 3.26. The first kappa shape index (κ1) is 13.9. The van der Waals surface area contributed by atoms with Crippen molar-refractivity contribution in [3.8, 4) is 0 Å². The minimum atomic E-state index is -4.36. The molecule has 2 atom stereocenters. The number of anilines is 1. The Morgan fingerprint density at radius 1 is 1.33 bits per heavy atom. The summed E-state index contributed by atoms with van der Waals surface area (Å²) in [5, 5.41) is 3.64. The summed E-state index contributed by atoms with van der Waals surface area (Å²) in [4.78, 5) is 0. The molecule has 0 bridgehead atoms. The maximum absolute atomic E-state index is 12.6. The van der Waals surface area contributed by atoms with E-state index in [4.69, 9.17) is 11.6 Å². The molecule has 1 aliphatic heterocycles. The van der Waals surface area contributed by atoms with E-state index in [1.807, 2.05) is 11.8 Å². The third-order valence-electron chi connectivity index (χ3n) is 2.95. The van der Waals surface area contributed by atoms with E-state index in [1.54, 1.807) is 0 Å². The Kier molecular flexibility index (Phi) is 4.02. The Bertz CT molecular complexity index is 436. The molecule has 1 fully saturated rings. The molecule has 0 aliphatic carbocycles. The van der Waals surface area contributed by atoms with Gasteiger partial charge in [0.15, 0.2) is 0 Å². The molecule has 1 aliphatic rings. The van der Waals surface area contributed by atoms with Crippen LogP contribution in [0.3, 0.4) is 0 Å². The van der Waals surface area contributed by atoms with Crippen molar-refractivity contribution in [2.45, 2.75) is 30.8 Å². The molecule has 18 heavy (non-hydrogen) atoms. The summed E-state index contributed by atoms with van der Waals surface area (Å²) in [7, 11) is 0. The van der Waals surface area contributed by atoms with Gasteiger partial charge in [-0.2, -0.15) is 24.9 Å². The van der Waals surface area contributed by atoms with E-state index in [0.29, 0.717) is 10.9 Å². The van der Waals surface area contributed by atoms with Crippen molar-refractivity contribution in [1.29, 1.82) is 0 Å². The highest BCUT2D eigenvalue weighted by atomic mass is 35.5. The fraction of sp³-hybridized carbons (Fsp3) is 0.500. The smallest absolute Gasteiger partial charge is 0.381 e. The number of halogens is 4. The Balaban J connectivity index is 2.20. The number of benzene rings is 1. The average molecular weight is 296 g/mol. The molecule has 1 aromatic carbocycles. The summed E-state index contributed by atoms with van der Waals surface area (Å²) < 4.78 is 37.9. The molecule has 1 heterocycles. The lowest BCUT2D eigenvalue weighted by Gasteiger charge is -2.19. The van der Waals surface area contributed by atoms with Gasteiger partial charge in [-0.1, -0.05) is 18.5 Å². The van der Waals surface area contributed by atoms with Gasteiger partial charge in [0.2, 0.25) is 0 Å². The van der Waals surface area contributed by atoms with Crippen LogP contribution in [0, 0.1) is 0 Å². The molecule has 0 radical (unpaired) electrons. The topological polar surface area (TPSA) is 12.0 Å². The van der Waals surface area contributed by atoms with Crippen LogP contribution in [0.15, 0.2) is 18.2 Å². The molecule has 2 unspecified atom stereocenters. The number of alkyl halides is 3. The van der Waals surface area contributed by atoms with Crippen molar-refractivity contribution >= 4 is 29.1 Å². The number of nitrogens with one attached hydrogen (secondary N) is 1. The third-order valence-corrected chi connectivity index (χ3v) is 4.50. The molecule has 2 rings (SSSR count). The van der Waals surface area contributed by atoms with Gasteiger partial charge in [0.1, 0.15) is 0 Å². The zero-order valence-electron chi connectivity index (χ0n) is 9.72. The normalized spacial score (nSPS) is 24.3. The summed E-state index contributed by atoms with van der Waals surface area (Å²) in [6.07, 6.45) is -3.41. The highest BCUT2D eigenvalue weighted by Crippen LogP contribution is 2.35. The van der Waals surface area contributed by atoms with Crippen molar-refractivity contribution in [3.63, 3.8) is 0 Å². The summed E-state index contributed by atoms with van der Waals surface area (Å²) in [6.45, 7) is 2.07. The minimum Gasteiger partial charge on any atom is -0.381 e. The van der Waals surface area contributed by atoms with E-state index in [0.717, 1.165) is 24.3 Å². The zero-order valence-corrected chi connectivity index (χ0v) is 11.3. The minimum absolute atomic E-state index is 0.102. The van der Waals surface area contributed by atoms with Gasteiger partial charge in [-0.25, -0.2) is 0 Å². The van der Waals surface area contributed by atoms with Crippen molar-refractivity contribution in [2.75, 3.05) is 11.1 Å². The highest BCUT2D eigenvalue weighted by Gasteiger charge is 2.31. The molecular weight excluding hydrogens is 283 g/mol. The average Bonchev–Trinajstić information content (AvgIpc) is 2.62. The van der Waals surface area contributed by atoms with Crippen LogP contribution >= 0.6 is 23.4 Å². The molecule has 1 nitrogen and oxygen atoms in total. The van der Waals surface area contributed by atoms with Gasteiger partial charge in [0.25, 0.3) is 0 Å². The molecule has 100 valence electrons. The van der Waals surface area contributed by atoms with Crippen LogP contribution < -0.4 is 5.32 Å². The second-order valence-electron chi connectivity index (χ2n) is 4.34. The van der Waals surface area contributed by atoms with Crippen molar-refractivity contribution in [2.24, 2.45) is 0 Å². The predicted octanol–water partition coefficient (Wildman–Crippen LogP) is 4.66. The Labute approximate surface area is 113 Å². The van der Waals surface area contributed by atoms with Crippen LogP contribution in [-0.2, 0) is 6.18 Å². The zero-order chi connectivity index (χ0) is 13.3. The summed E-state index contributed by atoms with van der Waals surface area (Å²) in [6, 6.07) is 3.79. The molecule has 0 spiro atoms. The SMILES string of the molecule is CC1SCCC1Nc1cc(Cl)cc(C(F)(F)F)c1. The Hall–Kier alpha value is -0.550. The number of thioether (sulfide) groups is 1. The van der Waals surface area contributed by atoms with Crippen molar-refractivity contribution < 1.29 is 13.2 Å². The van der Waals surface area contributed by atoms with Gasteiger partial charge in [-0.15, -0.1) is 0 Å². The number of hydrogen-bond acceptors (Lipinski definition) is 2. The first-order valence-corrected chi connectivity index (χ1v) is 7.05. The van der Waals surface area contributed by atoms with Crippen molar-refractivity contribution in [3.05, 3.63) is 28.8 Å². The first-order chi connectivity index (χ1) is 8.36. The lowest BCUT2D eigenvalue weighted by molar-refractivity contribution is -0.137. The van der Waals surface area contributed by atoms with E-state index in [9.17, 15) is 13.2 Å². The maximum atomic E-state index is 12.6. The van der Waals surface area contributed by atoms with E-state index in [2.05, 4.69) is 12.2 Å². The Morgan fingerprint density at radius 3 is 2.61 bits per heavy atom. The largest absolute Gasteiger partial charge is 0.416 e. The van der Waals surface area contributed by atoms with Crippen LogP contribution in [-0.4, -0.2) is 17.0 Å². The molecule has 0 aromatic heterocycles. The van der Waals surface area contributed by atoms with E-state index < -0.39 is 11.7 Å². The molecular formula is C12H13ClF3NS. The van der Waals surface area contributed by atoms with Gasteiger partial charge >= 0.3 is 6.18 Å². The summed E-state index contributed by atoms with van der Waals surface area (Å²) in [5.74, 6) is 1.03. The maximum Gasteiger partial charge on any atom is 0.416 e. The van der Waals surface area contributed by atoms with Crippen LogP contribution in [0.4, 0.5) is 18.9 Å². The van der Waals surface area contributed by atoms with E-state index >= 15 is 0 Å². The van der Waals surface area contributed by atoms with Gasteiger partial charge in [-0.05, 0) is 30.4 Å². The number of rotatable bonds is 2. The first-order valence-electron chi connectivity index (χ1n) is 5.62. The van der Waals surface area contributed by atoms with Gasteiger partial charge < -0.3 is 5.32 Å². The van der Waals surface area contributed by atoms with Crippen LogP contribution in [0.5, 0.6) is 0 Å². The Morgan fingerprint density at radius 2 is 2.06 bits per heavy atom. The van der Waals surface area contributed by atoms with Gasteiger partial charge in [0, 0.05) is 22.0 Å². The van der Waals surface area contributed by atoms with Crippen LogP contribution in [0.25, 0.3) is 0 Å². The fourth-order valence-electron chi connectivity index (χ4n) is 1.97. The molecule has 1 N–H and O–H groups in total. The lowest BCUT2D eigenvalue weighted by atomic mass is 10.1. The summed E-state index contributed by atoms with van der Waals surface area (Å²) in [5.41, 5.74) is -0.273. The molecule has 1 saturated heterocycles.